The van der Waals surface area contributed by atoms with E-state index in [1.54, 1.807) is 6.07 Å². The summed E-state index contributed by atoms with van der Waals surface area (Å²) in [7, 11) is 0. The van der Waals surface area contributed by atoms with E-state index in [1.165, 1.54) is 12.1 Å². The fraction of sp³-hybridized carbons (Fsp3) is 0.588. The molecule has 1 aliphatic carbocycles. The van der Waals surface area contributed by atoms with Crippen LogP contribution in [-0.4, -0.2) is 28.6 Å². The average molecular weight is 329 g/mol. The summed E-state index contributed by atoms with van der Waals surface area (Å²) in [6, 6.07) is 5.90. The molecule has 0 bridgehead atoms. The number of alkyl halides is 3. The van der Waals surface area contributed by atoms with Gasteiger partial charge in [0.25, 0.3) is 0 Å². The molecule has 0 unspecified atom stereocenters. The minimum Gasteiger partial charge on any atom is -0.481 e. The van der Waals surface area contributed by atoms with Gasteiger partial charge in [0.1, 0.15) is 0 Å². The summed E-state index contributed by atoms with van der Waals surface area (Å²) >= 11 is 0. The SMILES string of the molecule is O=C(O)CCCN(Cc1ccccc1C(F)(F)F)C1CCCC1. The first-order valence-corrected chi connectivity index (χ1v) is 7.99. The fourth-order valence-corrected chi connectivity index (χ4v) is 3.25. The molecule has 0 heterocycles. The molecular formula is C17H22F3NO2. The largest absolute Gasteiger partial charge is 0.481 e. The quantitative estimate of drug-likeness (QED) is 0.810. The monoisotopic (exact) mass is 329 g/mol. The second-order valence-corrected chi connectivity index (χ2v) is 6.06. The Kier molecular flexibility index (Phi) is 6.04. The maximum Gasteiger partial charge on any atom is 0.416 e. The van der Waals surface area contributed by atoms with Crippen LogP contribution in [0.5, 0.6) is 0 Å². The third kappa shape index (κ3) is 5.23. The van der Waals surface area contributed by atoms with Gasteiger partial charge in [-0.2, -0.15) is 13.2 Å². The van der Waals surface area contributed by atoms with Crippen molar-refractivity contribution in [3.05, 3.63) is 35.4 Å². The summed E-state index contributed by atoms with van der Waals surface area (Å²) in [6.45, 7) is 0.739. The summed E-state index contributed by atoms with van der Waals surface area (Å²) in [5.74, 6) is -0.868. The van der Waals surface area contributed by atoms with Gasteiger partial charge in [-0.15, -0.1) is 0 Å². The smallest absolute Gasteiger partial charge is 0.416 e. The van der Waals surface area contributed by atoms with E-state index >= 15 is 0 Å². The minimum absolute atomic E-state index is 0.0458. The van der Waals surface area contributed by atoms with Gasteiger partial charge in [0.2, 0.25) is 0 Å². The Labute approximate surface area is 134 Å². The van der Waals surface area contributed by atoms with Crippen LogP contribution in [-0.2, 0) is 17.5 Å². The highest BCUT2D eigenvalue weighted by Gasteiger charge is 2.34. The van der Waals surface area contributed by atoms with Crippen molar-refractivity contribution in [2.75, 3.05) is 6.54 Å². The third-order valence-corrected chi connectivity index (χ3v) is 4.37. The molecule has 0 spiro atoms. The van der Waals surface area contributed by atoms with Crippen LogP contribution in [0.1, 0.15) is 49.7 Å². The van der Waals surface area contributed by atoms with Crippen LogP contribution >= 0.6 is 0 Å². The van der Waals surface area contributed by atoms with Gasteiger partial charge in [-0.1, -0.05) is 31.0 Å². The van der Waals surface area contributed by atoms with E-state index in [2.05, 4.69) is 0 Å². The van der Waals surface area contributed by atoms with Crippen LogP contribution in [0.25, 0.3) is 0 Å². The number of carboxylic acids is 1. The van der Waals surface area contributed by atoms with E-state index in [-0.39, 0.29) is 24.6 Å². The summed E-state index contributed by atoms with van der Waals surface area (Å²) in [5, 5.41) is 8.76. The zero-order valence-corrected chi connectivity index (χ0v) is 13.0. The number of carboxylic acid groups (broad SMARTS) is 1. The van der Waals surface area contributed by atoms with Crippen LogP contribution in [0, 0.1) is 0 Å². The Balaban J connectivity index is 2.12. The summed E-state index contributed by atoms with van der Waals surface area (Å²) in [5.41, 5.74) is -0.330. The number of rotatable bonds is 7. The van der Waals surface area contributed by atoms with Crippen molar-refractivity contribution in [1.82, 2.24) is 4.90 Å². The molecule has 0 atom stereocenters. The van der Waals surface area contributed by atoms with Gasteiger partial charge in [-0.05, 0) is 37.4 Å². The Morgan fingerprint density at radius 2 is 1.87 bits per heavy atom. The molecule has 1 aromatic rings. The second kappa shape index (κ2) is 7.81. The molecule has 2 rings (SSSR count). The Morgan fingerprint density at radius 1 is 1.22 bits per heavy atom. The van der Waals surface area contributed by atoms with Crippen molar-refractivity contribution < 1.29 is 23.1 Å². The first-order valence-electron chi connectivity index (χ1n) is 7.99. The molecular weight excluding hydrogens is 307 g/mol. The number of benzene rings is 1. The molecule has 1 aromatic carbocycles. The molecule has 3 nitrogen and oxygen atoms in total. The lowest BCUT2D eigenvalue weighted by molar-refractivity contribution is -0.138. The standard InChI is InChI=1S/C17H22F3NO2/c18-17(19,20)15-9-4-1-6-13(15)12-21(11-5-10-16(22)23)14-7-2-3-8-14/h1,4,6,9,14H,2-3,5,7-8,10-12H2,(H,22,23). The van der Waals surface area contributed by atoms with Gasteiger partial charge < -0.3 is 5.11 Å². The zero-order valence-electron chi connectivity index (χ0n) is 13.0. The maximum atomic E-state index is 13.1. The molecule has 0 saturated heterocycles. The highest BCUT2D eigenvalue weighted by atomic mass is 19.4. The Hall–Kier alpha value is -1.56. The Bertz CT molecular complexity index is 525. The third-order valence-electron chi connectivity index (χ3n) is 4.37. The predicted molar refractivity (Wildman–Crippen MR) is 81.0 cm³/mol. The molecule has 1 saturated carbocycles. The normalized spacial score (nSPS) is 16.2. The summed E-state index contributed by atoms with van der Waals surface area (Å²) < 4.78 is 39.4. The van der Waals surface area contributed by atoms with Crippen LogP contribution < -0.4 is 0 Å². The van der Waals surface area contributed by atoms with Crippen molar-refractivity contribution in [1.29, 1.82) is 0 Å². The molecule has 128 valence electrons. The number of halogens is 3. The first kappa shape index (κ1) is 17.8. The van der Waals surface area contributed by atoms with Gasteiger partial charge in [0.05, 0.1) is 5.56 Å². The first-order chi connectivity index (χ1) is 10.9. The lowest BCUT2D eigenvalue weighted by atomic mass is 10.0. The van der Waals surface area contributed by atoms with Gasteiger partial charge in [-0.25, -0.2) is 0 Å². The summed E-state index contributed by atoms with van der Waals surface area (Å²) in [6.07, 6.45) is 0.258. The van der Waals surface area contributed by atoms with Crippen LogP contribution in [0.15, 0.2) is 24.3 Å². The highest BCUT2D eigenvalue weighted by Crippen LogP contribution is 2.33. The number of carbonyl (C=O) groups is 1. The van der Waals surface area contributed by atoms with Gasteiger partial charge in [0, 0.05) is 19.0 Å². The van der Waals surface area contributed by atoms with E-state index < -0.39 is 17.7 Å². The van der Waals surface area contributed by atoms with E-state index in [0.29, 0.717) is 13.0 Å². The molecule has 6 heteroatoms. The Morgan fingerprint density at radius 3 is 2.48 bits per heavy atom. The lowest BCUT2D eigenvalue weighted by Gasteiger charge is -2.29. The van der Waals surface area contributed by atoms with E-state index in [4.69, 9.17) is 5.11 Å². The lowest BCUT2D eigenvalue weighted by Crippen LogP contribution is -2.34. The highest BCUT2D eigenvalue weighted by molar-refractivity contribution is 5.66. The van der Waals surface area contributed by atoms with Gasteiger partial charge >= 0.3 is 12.1 Å². The second-order valence-electron chi connectivity index (χ2n) is 6.06. The van der Waals surface area contributed by atoms with Crippen LogP contribution in [0.2, 0.25) is 0 Å². The topological polar surface area (TPSA) is 40.5 Å². The fourth-order valence-electron chi connectivity index (χ4n) is 3.25. The van der Waals surface area contributed by atoms with Crippen molar-refractivity contribution in [2.24, 2.45) is 0 Å². The van der Waals surface area contributed by atoms with Gasteiger partial charge in [0.15, 0.2) is 0 Å². The summed E-state index contributed by atoms with van der Waals surface area (Å²) in [4.78, 5) is 12.7. The molecule has 23 heavy (non-hydrogen) atoms. The number of nitrogens with zero attached hydrogens (tertiary/aromatic N) is 1. The van der Waals surface area contributed by atoms with Crippen molar-refractivity contribution in [3.63, 3.8) is 0 Å². The molecule has 0 radical (unpaired) electrons. The average Bonchev–Trinajstić information content (AvgIpc) is 2.99. The van der Waals surface area contributed by atoms with E-state index in [1.807, 2.05) is 4.90 Å². The van der Waals surface area contributed by atoms with Crippen LogP contribution in [0.4, 0.5) is 13.2 Å². The minimum atomic E-state index is -4.36. The molecule has 0 aliphatic heterocycles. The number of hydrogen-bond acceptors (Lipinski definition) is 2. The molecule has 1 fully saturated rings. The predicted octanol–water partition coefficient (Wildman–Crippen LogP) is 4.31. The van der Waals surface area contributed by atoms with Gasteiger partial charge in [-0.3, -0.25) is 9.69 Å². The van der Waals surface area contributed by atoms with Crippen LogP contribution in [0.3, 0.4) is 0 Å². The molecule has 0 amide bonds. The molecule has 0 aromatic heterocycles. The maximum absolute atomic E-state index is 13.1. The van der Waals surface area contributed by atoms with E-state index in [0.717, 1.165) is 31.7 Å². The van der Waals surface area contributed by atoms with Crippen molar-refractivity contribution in [2.45, 2.75) is 57.3 Å². The van der Waals surface area contributed by atoms with E-state index in [9.17, 15) is 18.0 Å². The number of aliphatic carboxylic acids is 1. The van der Waals surface area contributed by atoms with Crippen molar-refractivity contribution in [3.8, 4) is 0 Å². The zero-order chi connectivity index (χ0) is 16.9. The number of hydrogen-bond donors (Lipinski definition) is 1. The molecule has 1 N–H and O–H groups in total. The van der Waals surface area contributed by atoms with Crippen molar-refractivity contribution >= 4 is 5.97 Å². The molecule has 1 aliphatic rings.